The van der Waals surface area contributed by atoms with E-state index in [0.717, 1.165) is 32.1 Å². The van der Waals surface area contributed by atoms with Crippen LogP contribution >= 0.6 is 11.8 Å². The third-order valence-corrected chi connectivity index (χ3v) is 7.26. The van der Waals surface area contributed by atoms with Gasteiger partial charge in [0.15, 0.2) is 0 Å². The number of nitrogens with zero attached hydrogens (tertiary/aromatic N) is 1. The van der Waals surface area contributed by atoms with E-state index in [1.165, 1.54) is 43.5 Å². The predicted octanol–water partition coefficient (Wildman–Crippen LogP) is 4.60. The minimum atomic E-state index is -0.448. The molecule has 2 aliphatic rings. The number of hydrogen-bond acceptors (Lipinski definition) is 3. The summed E-state index contributed by atoms with van der Waals surface area (Å²) in [5, 5.41) is 3.05. The fraction of sp³-hybridized carbons (Fsp3) is 0.636. The monoisotopic (exact) mass is 406 g/mol. The summed E-state index contributed by atoms with van der Waals surface area (Å²) in [6.07, 6.45) is 8.99. The van der Waals surface area contributed by atoms with Crippen LogP contribution in [0.5, 0.6) is 0 Å². The second-order valence-electron chi connectivity index (χ2n) is 7.86. The third kappa shape index (κ3) is 5.07. The number of thioether (sulfide) groups is 1. The SMILES string of the molecule is CCCCCNC(=O)C1CSC(C2CCCCC2)N1C(=O)c1ccc(F)cc1. The maximum absolute atomic E-state index is 13.3. The maximum atomic E-state index is 13.3. The standard InChI is InChI=1S/C22H31FN2O2S/c1-2-3-7-14-24-20(26)19-15-28-22(17-8-5-4-6-9-17)25(19)21(27)16-10-12-18(23)13-11-16/h10-13,17,19,22H,2-9,14-15H2,1H3,(H,24,26). The summed E-state index contributed by atoms with van der Waals surface area (Å²) in [7, 11) is 0. The highest BCUT2D eigenvalue weighted by atomic mass is 32.2. The number of unbranched alkanes of at least 4 members (excludes halogenated alkanes) is 2. The molecule has 4 nitrogen and oxygen atoms in total. The molecule has 1 saturated carbocycles. The molecule has 0 aromatic heterocycles. The number of benzene rings is 1. The van der Waals surface area contributed by atoms with Crippen molar-refractivity contribution in [3.05, 3.63) is 35.6 Å². The lowest BCUT2D eigenvalue weighted by Crippen LogP contribution is -2.51. The molecule has 2 amide bonds. The van der Waals surface area contributed by atoms with E-state index in [0.29, 0.717) is 23.8 Å². The lowest BCUT2D eigenvalue weighted by Gasteiger charge is -2.35. The predicted molar refractivity (Wildman–Crippen MR) is 112 cm³/mol. The number of rotatable bonds is 7. The van der Waals surface area contributed by atoms with Gasteiger partial charge in [0.25, 0.3) is 5.91 Å². The smallest absolute Gasteiger partial charge is 0.255 e. The summed E-state index contributed by atoms with van der Waals surface area (Å²) in [6.45, 7) is 2.79. The van der Waals surface area contributed by atoms with Crippen LogP contribution in [0.15, 0.2) is 24.3 Å². The molecule has 1 aliphatic heterocycles. The number of nitrogens with one attached hydrogen (secondary N) is 1. The number of carbonyl (C=O) groups excluding carboxylic acids is 2. The molecule has 154 valence electrons. The molecular formula is C22H31FN2O2S. The molecule has 6 heteroatoms. The van der Waals surface area contributed by atoms with Crippen LogP contribution in [0.2, 0.25) is 0 Å². The summed E-state index contributed by atoms with van der Waals surface area (Å²) >= 11 is 1.73. The van der Waals surface area contributed by atoms with Crippen molar-refractivity contribution in [3.63, 3.8) is 0 Å². The van der Waals surface area contributed by atoms with Gasteiger partial charge >= 0.3 is 0 Å². The first-order valence-electron chi connectivity index (χ1n) is 10.6. The van der Waals surface area contributed by atoms with Gasteiger partial charge in [-0.3, -0.25) is 9.59 Å². The summed E-state index contributed by atoms with van der Waals surface area (Å²) in [5.74, 6) is 0.488. The Morgan fingerprint density at radius 3 is 2.54 bits per heavy atom. The minimum Gasteiger partial charge on any atom is -0.354 e. The fourth-order valence-corrected chi connectivity index (χ4v) is 5.85. The number of amides is 2. The van der Waals surface area contributed by atoms with Crippen LogP contribution in [0, 0.1) is 11.7 Å². The number of carbonyl (C=O) groups is 2. The van der Waals surface area contributed by atoms with E-state index in [2.05, 4.69) is 12.2 Å². The van der Waals surface area contributed by atoms with Crippen molar-refractivity contribution < 1.29 is 14.0 Å². The molecule has 28 heavy (non-hydrogen) atoms. The second kappa shape index (κ2) is 10.3. The van der Waals surface area contributed by atoms with E-state index in [1.54, 1.807) is 16.7 Å². The highest BCUT2D eigenvalue weighted by molar-refractivity contribution is 8.00. The molecule has 1 heterocycles. The van der Waals surface area contributed by atoms with Gasteiger partial charge in [0.1, 0.15) is 11.9 Å². The van der Waals surface area contributed by atoms with Gasteiger partial charge in [-0.15, -0.1) is 11.8 Å². The molecule has 0 radical (unpaired) electrons. The van der Waals surface area contributed by atoms with Crippen LogP contribution < -0.4 is 5.32 Å². The Labute approximate surface area is 171 Å². The lowest BCUT2D eigenvalue weighted by atomic mass is 9.88. The number of halogens is 1. The van der Waals surface area contributed by atoms with Gasteiger partial charge in [-0.05, 0) is 49.4 Å². The summed E-state index contributed by atoms with van der Waals surface area (Å²) in [5.41, 5.74) is 0.452. The first-order chi connectivity index (χ1) is 13.6. The first kappa shape index (κ1) is 21.2. The third-order valence-electron chi connectivity index (χ3n) is 5.80. The van der Waals surface area contributed by atoms with E-state index in [-0.39, 0.29) is 23.0 Å². The summed E-state index contributed by atoms with van der Waals surface area (Å²) < 4.78 is 13.3. The van der Waals surface area contributed by atoms with E-state index < -0.39 is 6.04 Å². The Kier molecular flexibility index (Phi) is 7.77. The molecule has 0 spiro atoms. The normalized spacial score (nSPS) is 23.0. The quantitative estimate of drug-likeness (QED) is 0.674. The van der Waals surface area contributed by atoms with Crippen LogP contribution in [0.25, 0.3) is 0 Å². The molecule has 3 rings (SSSR count). The Hall–Kier alpha value is -1.56. The highest BCUT2D eigenvalue weighted by Crippen LogP contribution is 2.41. The van der Waals surface area contributed by atoms with Crippen molar-refractivity contribution in [3.8, 4) is 0 Å². The zero-order valence-electron chi connectivity index (χ0n) is 16.7. The van der Waals surface area contributed by atoms with Crippen LogP contribution in [-0.4, -0.2) is 40.4 Å². The van der Waals surface area contributed by atoms with Gasteiger partial charge in [-0.25, -0.2) is 4.39 Å². The Bertz CT molecular complexity index is 661. The molecule has 1 aliphatic carbocycles. The molecule has 1 aromatic rings. The highest BCUT2D eigenvalue weighted by Gasteiger charge is 2.45. The molecule has 1 saturated heterocycles. The van der Waals surface area contributed by atoms with E-state index in [4.69, 9.17) is 0 Å². The van der Waals surface area contributed by atoms with Crippen LogP contribution in [0.4, 0.5) is 4.39 Å². The van der Waals surface area contributed by atoms with E-state index >= 15 is 0 Å². The Morgan fingerprint density at radius 2 is 1.86 bits per heavy atom. The van der Waals surface area contributed by atoms with Gasteiger partial charge in [-0.1, -0.05) is 39.0 Å². The van der Waals surface area contributed by atoms with Crippen molar-refractivity contribution >= 4 is 23.6 Å². The summed E-state index contributed by atoms with van der Waals surface area (Å²) in [4.78, 5) is 28.0. The molecular weight excluding hydrogens is 375 g/mol. The van der Waals surface area contributed by atoms with Crippen LogP contribution in [0.3, 0.4) is 0 Å². The van der Waals surface area contributed by atoms with E-state index in [1.807, 2.05) is 0 Å². The average Bonchev–Trinajstić information content (AvgIpc) is 3.17. The topological polar surface area (TPSA) is 49.4 Å². The van der Waals surface area contributed by atoms with Crippen molar-refractivity contribution in [1.29, 1.82) is 0 Å². The number of hydrogen-bond donors (Lipinski definition) is 1. The van der Waals surface area contributed by atoms with Gasteiger partial charge in [-0.2, -0.15) is 0 Å². The van der Waals surface area contributed by atoms with Gasteiger partial charge in [0, 0.05) is 17.9 Å². The average molecular weight is 407 g/mol. The fourth-order valence-electron chi connectivity index (χ4n) is 4.22. The largest absolute Gasteiger partial charge is 0.354 e. The van der Waals surface area contributed by atoms with Crippen molar-refractivity contribution in [1.82, 2.24) is 10.2 Å². The summed E-state index contributed by atoms with van der Waals surface area (Å²) in [6, 6.07) is 5.22. The van der Waals surface area contributed by atoms with Crippen LogP contribution in [0.1, 0.15) is 68.6 Å². The van der Waals surface area contributed by atoms with E-state index in [9.17, 15) is 14.0 Å². The lowest BCUT2D eigenvalue weighted by molar-refractivity contribution is -0.125. The molecule has 2 atom stereocenters. The minimum absolute atomic E-state index is 0.0317. The van der Waals surface area contributed by atoms with Gasteiger partial charge in [0.2, 0.25) is 5.91 Å². The Balaban J connectivity index is 1.77. The van der Waals surface area contributed by atoms with Crippen molar-refractivity contribution in [2.45, 2.75) is 69.7 Å². The molecule has 0 bridgehead atoms. The first-order valence-corrected chi connectivity index (χ1v) is 11.6. The van der Waals surface area contributed by atoms with Crippen LogP contribution in [-0.2, 0) is 4.79 Å². The van der Waals surface area contributed by atoms with Gasteiger partial charge < -0.3 is 10.2 Å². The van der Waals surface area contributed by atoms with Crippen molar-refractivity contribution in [2.75, 3.05) is 12.3 Å². The maximum Gasteiger partial charge on any atom is 0.255 e. The molecule has 2 unspecified atom stereocenters. The molecule has 1 N–H and O–H groups in total. The van der Waals surface area contributed by atoms with Crippen molar-refractivity contribution in [2.24, 2.45) is 5.92 Å². The second-order valence-corrected chi connectivity index (χ2v) is 9.00. The van der Waals surface area contributed by atoms with Gasteiger partial charge in [0.05, 0.1) is 5.37 Å². The zero-order valence-corrected chi connectivity index (χ0v) is 17.5. The molecule has 2 fully saturated rings. The zero-order chi connectivity index (χ0) is 19.9. The molecule has 1 aromatic carbocycles. The Morgan fingerprint density at radius 1 is 1.14 bits per heavy atom.